The highest BCUT2D eigenvalue weighted by Crippen LogP contribution is 2.45. The second-order valence-electron chi connectivity index (χ2n) is 6.05. The molecule has 0 spiro atoms. The Morgan fingerprint density at radius 1 is 1.38 bits per heavy atom. The van der Waals surface area contributed by atoms with Crippen molar-refractivity contribution in [1.29, 1.82) is 0 Å². The summed E-state index contributed by atoms with van der Waals surface area (Å²) in [7, 11) is 0. The summed E-state index contributed by atoms with van der Waals surface area (Å²) >= 11 is 1.30. The third-order valence-corrected chi connectivity index (χ3v) is 5.16. The van der Waals surface area contributed by atoms with Crippen molar-refractivity contribution in [2.45, 2.75) is 51.2 Å². The lowest BCUT2D eigenvalue weighted by Gasteiger charge is -2.17. The van der Waals surface area contributed by atoms with Gasteiger partial charge in [0.1, 0.15) is 10.4 Å². The lowest BCUT2D eigenvalue weighted by Crippen LogP contribution is -2.37. The van der Waals surface area contributed by atoms with E-state index in [2.05, 4.69) is 15.5 Å². The van der Waals surface area contributed by atoms with Crippen molar-refractivity contribution in [3.8, 4) is 0 Å². The molecule has 7 nitrogen and oxygen atoms in total. The first kappa shape index (κ1) is 14.4. The minimum atomic E-state index is -1.50. The van der Waals surface area contributed by atoms with Gasteiger partial charge in [0.2, 0.25) is 11.0 Å². The second kappa shape index (κ2) is 5.03. The summed E-state index contributed by atoms with van der Waals surface area (Å²) in [6.45, 7) is 2.72. The number of anilines is 1. The minimum Gasteiger partial charge on any atom is -0.480 e. The zero-order valence-electron chi connectivity index (χ0n) is 11.8. The maximum Gasteiger partial charge on any atom is 0.318 e. The molecule has 2 saturated heterocycles. The van der Waals surface area contributed by atoms with Crippen LogP contribution >= 0.6 is 11.3 Å². The number of carboxylic acids is 1. The van der Waals surface area contributed by atoms with E-state index in [9.17, 15) is 9.59 Å². The highest BCUT2D eigenvalue weighted by atomic mass is 32.1. The van der Waals surface area contributed by atoms with Gasteiger partial charge in [0.15, 0.2) is 0 Å². The Labute approximate surface area is 125 Å². The predicted molar refractivity (Wildman–Crippen MR) is 75.2 cm³/mol. The van der Waals surface area contributed by atoms with Gasteiger partial charge < -0.3 is 9.84 Å². The van der Waals surface area contributed by atoms with Gasteiger partial charge in [0.25, 0.3) is 0 Å². The molecule has 2 N–H and O–H groups in total. The van der Waals surface area contributed by atoms with Crippen LogP contribution < -0.4 is 5.32 Å². The van der Waals surface area contributed by atoms with Gasteiger partial charge in [-0.1, -0.05) is 11.3 Å². The molecule has 2 fully saturated rings. The van der Waals surface area contributed by atoms with Crippen LogP contribution in [0.4, 0.5) is 5.13 Å². The third-order valence-electron chi connectivity index (χ3n) is 4.19. The van der Waals surface area contributed by atoms with Crippen LogP contribution in [0.15, 0.2) is 0 Å². The SMILES string of the molecule is CC(C)(C(=O)O)C(=O)Nc1nnc(C2CC3CCC2O3)s1. The van der Waals surface area contributed by atoms with Crippen molar-refractivity contribution < 1.29 is 19.4 Å². The summed E-state index contributed by atoms with van der Waals surface area (Å²) in [5, 5.41) is 20.8. The van der Waals surface area contributed by atoms with E-state index in [-0.39, 0.29) is 12.0 Å². The van der Waals surface area contributed by atoms with Crippen LogP contribution in [0.5, 0.6) is 0 Å². The lowest BCUT2D eigenvalue weighted by molar-refractivity contribution is -0.151. The van der Waals surface area contributed by atoms with E-state index in [0.717, 1.165) is 24.3 Å². The van der Waals surface area contributed by atoms with Gasteiger partial charge in [0.05, 0.1) is 12.2 Å². The van der Waals surface area contributed by atoms with E-state index in [1.54, 1.807) is 0 Å². The van der Waals surface area contributed by atoms with Gasteiger partial charge in [-0.2, -0.15) is 0 Å². The molecule has 3 rings (SSSR count). The molecule has 2 aliphatic rings. The molecule has 0 radical (unpaired) electrons. The second-order valence-corrected chi connectivity index (χ2v) is 7.05. The molecule has 0 saturated carbocycles. The van der Waals surface area contributed by atoms with Crippen molar-refractivity contribution in [1.82, 2.24) is 10.2 Å². The van der Waals surface area contributed by atoms with Crippen molar-refractivity contribution in [2.24, 2.45) is 5.41 Å². The van der Waals surface area contributed by atoms with Crippen LogP contribution in [0.25, 0.3) is 0 Å². The smallest absolute Gasteiger partial charge is 0.318 e. The summed E-state index contributed by atoms with van der Waals surface area (Å²) in [4.78, 5) is 23.0. The van der Waals surface area contributed by atoms with Gasteiger partial charge in [0, 0.05) is 5.92 Å². The lowest BCUT2D eigenvalue weighted by atomic mass is 9.90. The Morgan fingerprint density at radius 3 is 2.71 bits per heavy atom. The van der Waals surface area contributed by atoms with E-state index < -0.39 is 17.3 Å². The molecule has 2 aliphatic heterocycles. The number of hydrogen-bond acceptors (Lipinski definition) is 6. The number of nitrogens with zero attached hydrogens (tertiary/aromatic N) is 2. The van der Waals surface area contributed by atoms with Crippen LogP contribution in [0.3, 0.4) is 0 Å². The molecule has 2 bridgehead atoms. The maximum absolute atomic E-state index is 12.0. The topological polar surface area (TPSA) is 101 Å². The Balaban J connectivity index is 1.68. The van der Waals surface area contributed by atoms with Crippen molar-refractivity contribution in [2.75, 3.05) is 5.32 Å². The first-order chi connectivity index (χ1) is 9.88. The van der Waals surface area contributed by atoms with Crippen LogP contribution in [0.2, 0.25) is 0 Å². The zero-order valence-corrected chi connectivity index (χ0v) is 12.6. The normalized spacial score (nSPS) is 27.8. The van der Waals surface area contributed by atoms with Crippen molar-refractivity contribution >= 4 is 28.3 Å². The van der Waals surface area contributed by atoms with E-state index in [1.807, 2.05) is 0 Å². The number of nitrogens with one attached hydrogen (secondary N) is 1. The Kier molecular flexibility index (Phi) is 3.45. The molecule has 21 heavy (non-hydrogen) atoms. The Morgan fingerprint density at radius 2 is 2.14 bits per heavy atom. The number of carboxylic acid groups (broad SMARTS) is 1. The maximum atomic E-state index is 12.0. The monoisotopic (exact) mass is 311 g/mol. The quantitative estimate of drug-likeness (QED) is 0.819. The highest BCUT2D eigenvalue weighted by molar-refractivity contribution is 7.15. The number of fused-ring (bicyclic) bond motifs is 2. The average molecular weight is 311 g/mol. The Hall–Kier alpha value is -1.54. The average Bonchev–Trinajstić information content (AvgIpc) is 3.13. The molecule has 1 aromatic heterocycles. The predicted octanol–water partition coefficient (Wildman–Crippen LogP) is 1.62. The summed E-state index contributed by atoms with van der Waals surface area (Å²) in [6, 6.07) is 0. The highest BCUT2D eigenvalue weighted by Gasteiger charge is 2.43. The van der Waals surface area contributed by atoms with Crippen molar-refractivity contribution in [3.63, 3.8) is 0 Å². The number of rotatable bonds is 4. The minimum absolute atomic E-state index is 0.210. The fraction of sp³-hybridized carbons (Fsp3) is 0.692. The van der Waals surface area contributed by atoms with Crippen LogP contribution in [0.1, 0.15) is 44.0 Å². The van der Waals surface area contributed by atoms with E-state index >= 15 is 0 Å². The number of aliphatic carboxylic acids is 1. The number of carbonyl (C=O) groups is 2. The van der Waals surface area contributed by atoms with Crippen LogP contribution in [-0.2, 0) is 14.3 Å². The first-order valence-electron chi connectivity index (χ1n) is 6.91. The van der Waals surface area contributed by atoms with Crippen LogP contribution in [0, 0.1) is 5.41 Å². The molecule has 0 aliphatic carbocycles. The number of aromatic nitrogens is 2. The molecule has 3 heterocycles. The summed E-state index contributed by atoms with van der Waals surface area (Å²) < 4.78 is 5.79. The Bertz CT molecular complexity index is 586. The van der Waals surface area contributed by atoms with Crippen molar-refractivity contribution in [3.05, 3.63) is 5.01 Å². The summed E-state index contributed by atoms with van der Waals surface area (Å²) in [6.07, 6.45) is 3.64. The van der Waals surface area contributed by atoms with E-state index in [1.165, 1.54) is 25.2 Å². The molecule has 3 atom stereocenters. The molecular weight excluding hydrogens is 294 g/mol. The van der Waals surface area contributed by atoms with Gasteiger partial charge in [-0.05, 0) is 33.1 Å². The van der Waals surface area contributed by atoms with Crippen LogP contribution in [-0.4, -0.2) is 39.4 Å². The number of ether oxygens (including phenoxy) is 1. The molecule has 8 heteroatoms. The third kappa shape index (κ3) is 2.53. The standard InChI is InChI=1S/C13H17N3O4S/c1-13(2,11(18)19)10(17)14-12-16-15-9(21-12)7-5-6-3-4-8(7)20-6/h6-8H,3-5H2,1-2H3,(H,18,19)(H,14,16,17). The zero-order chi connectivity index (χ0) is 15.2. The molecule has 1 aromatic rings. The first-order valence-corrected chi connectivity index (χ1v) is 7.73. The molecular formula is C13H17N3O4S. The van der Waals surface area contributed by atoms with Gasteiger partial charge in [-0.3, -0.25) is 14.9 Å². The molecule has 114 valence electrons. The van der Waals surface area contributed by atoms with Gasteiger partial charge >= 0.3 is 5.97 Å². The number of hydrogen-bond donors (Lipinski definition) is 2. The van der Waals surface area contributed by atoms with Gasteiger partial charge in [-0.15, -0.1) is 10.2 Å². The number of amides is 1. The van der Waals surface area contributed by atoms with Gasteiger partial charge in [-0.25, -0.2) is 0 Å². The molecule has 1 amide bonds. The summed E-state index contributed by atoms with van der Waals surface area (Å²) in [5.74, 6) is -1.52. The fourth-order valence-electron chi connectivity index (χ4n) is 2.68. The molecule has 3 unspecified atom stereocenters. The van der Waals surface area contributed by atoms with E-state index in [4.69, 9.17) is 9.84 Å². The van der Waals surface area contributed by atoms with E-state index in [0.29, 0.717) is 11.2 Å². The molecule has 0 aromatic carbocycles. The fourth-order valence-corrected chi connectivity index (χ4v) is 3.59. The summed E-state index contributed by atoms with van der Waals surface area (Å²) in [5.41, 5.74) is -1.50. The largest absolute Gasteiger partial charge is 0.480 e. The number of carbonyl (C=O) groups excluding carboxylic acids is 1.